The molecule has 0 spiro atoms. The highest BCUT2D eigenvalue weighted by Crippen LogP contribution is 2.39. The summed E-state index contributed by atoms with van der Waals surface area (Å²) >= 11 is 0. The lowest BCUT2D eigenvalue weighted by Gasteiger charge is -2.06. The standard InChI is InChI=1S/C27H21N/c1-16-3-7-22-20(11-16)14-21-13-18(5-9-23(21)22)19-6-10-25-24-8-4-17(2)12-26(24)28-27(25)15-19/h3-13,15,28H,14H2,1-2H3. The summed E-state index contributed by atoms with van der Waals surface area (Å²) in [6.07, 6.45) is 1.04. The van der Waals surface area contributed by atoms with Gasteiger partial charge < -0.3 is 4.98 Å². The fourth-order valence-electron chi connectivity index (χ4n) is 4.72. The van der Waals surface area contributed by atoms with E-state index in [1.54, 1.807) is 0 Å². The number of H-pyrrole nitrogens is 1. The summed E-state index contributed by atoms with van der Waals surface area (Å²) in [6, 6.07) is 27.2. The minimum atomic E-state index is 1.04. The molecule has 1 N–H and O–H groups in total. The fraction of sp³-hybridized carbons (Fsp3) is 0.111. The van der Waals surface area contributed by atoms with Crippen LogP contribution in [0.3, 0.4) is 0 Å². The molecule has 0 saturated heterocycles. The van der Waals surface area contributed by atoms with Crippen LogP contribution in [0.15, 0.2) is 72.8 Å². The number of aromatic amines is 1. The van der Waals surface area contributed by atoms with Gasteiger partial charge in [-0.15, -0.1) is 0 Å². The summed E-state index contributed by atoms with van der Waals surface area (Å²) in [6.45, 7) is 4.31. The quantitative estimate of drug-likeness (QED) is 0.320. The summed E-state index contributed by atoms with van der Waals surface area (Å²) < 4.78 is 0. The van der Waals surface area contributed by atoms with Crippen molar-refractivity contribution in [3.63, 3.8) is 0 Å². The van der Waals surface area contributed by atoms with Gasteiger partial charge in [0.25, 0.3) is 0 Å². The Kier molecular flexibility index (Phi) is 3.14. The minimum Gasteiger partial charge on any atom is -0.354 e. The smallest absolute Gasteiger partial charge is 0.0471 e. The molecular formula is C27H21N. The van der Waals surface area contributed by atoms with E-state index in [-0.39, 0.29) is 0 Å². The number of hydrogen-bond donors (Lipinski definition) is 1. The van der Waals surface area contributed by atoms with Crippen LogP contribution in [0.1, 0.15) is 22.3 Å². The molecule has 5 aromatic rings. The van der Waals surface area contributed by atoms with Gasteiger partial charge in [-0.3, -0.25) is 0 Å². The molecule has 1 nitrogen and oxygen atoms in total. The first kappa shape index (κ1) is 15.7. The third-order valence-electron chi connectivity index (χ3n) is 6.12. The Morgan fingerprint density at radius 1 is 0.571 bits per heavy atom. The zero-order chi connectivity index (χ0) is 18.8. The Bertz CT molecular complexity index is 1400. The Morgan fingerprint density at radius 3 is 2.00 bits per heavy atom. The molecule has 134 valence electrons. The highest BCUT2D eigenvalue weighted by molar-refractivity contribution is 6.08. The first-order valence-electron chi connectivity index (χ1n) is 9.91. The van der Waals surface area contributed by atoms with Crippen LogP contribution in [0, 0.1) is 13.8 Å². The van der Waals surface area contributed by atoms with E-state index in [2.05, 4.69) is 91.6 Å². The van der Waals surface area contributed by atoms with Crippen molar-refractivity contribution < 1.29 is 0 Å². The van der Waals surface area contributed by atoms with E-state index in [1.807, 2.05) is 0 Å². The molecule has 4 aromatic carbocycles. The van der Waals surface area contributed by atoms with Gasteiger partial charge in [0.2, 0.25) is 0 Å². The third-order valence-corrected chi connectivity index (χ3v) is 6.12. The van der Waals surface area contributed by atoms with Crippen molar-refractivity contribution in [2.45, 2.75) is 20.3 Å². The number of benzene rings is 4. The maximum Gasteiger partial charge on any atom is 0.0471 e. The van der Waals surface area contributed by atoms with Crippen molar-refractivity contribution in [3.05, 3.63) is 95.1 Å². The van der Waals surface area contributed by atoms with Crippen LogP contribution >= 0.6 is 0 Å². The van der Waals surface area contributed by atoms with Gasteiger partial charge >= 0.3 is 0 Å². The van der Waals surface area contributed by atoms with E-state index in [0.717, 1.165) is 6.42 Å². The maximum atomic E-state index is 3.60. The van der Waals surface area contributed by atoms with Crippen molar-refractivity contribution in [2.75, 3.05) is 0 Å². The van der Waals surface area contributed by atoms with E-state index >= 15 is 0 Å². The molecule has 0 amide bonds. The van der Waals surface area contributed by atoms with Gasteiger partial charge in [0.05, 0.1) is 0 Å². The lowest BCUT2D eigenvalue weighted by atomic mass is 9.98. The monoisotopic (exact) mass is 359 g/mol. The van der Waals surface area contributed by atoms with E-state index in [1.165, 1.54) is 66.3 Å². The molecule has 1 heterocycles. The highest BCUT2D eigenvalue weighted by Gasteiger charge is 2.19. The lowest BCUT2D eigenvalue weighted by Crippen LogP contribution is -1.84. The SMILES string of the molecule is Cc1ccc2c(c1)Cc1cc(-c3ccc4c(c3)[nH]c3cc(C)ccc34)ccc1-2. The Morgan fingerprint density at radius 2 is 1.14 bits per heavy atom. The highest BCUT2D eigenvalue weighted by atomic mass is 14.7. The van der Waals surface area contributed by atoms with Crippen molar-refractivity contribution >= 4 is 21.8 Å². The second kappa shape index (κ2) is 5.59. The molecule has 0 unspecified atom stereocenters. The predicted octanol–water partition coefficient (Wildman–Crippen LogP) is 7.18. The molecular weight excluding hydrogens is 338 g/mol. The van der Waals surface area contributed by atoms with Gasteiger partial charge in [0.1, 0.15) is 0 Å². The number of fused-ring (bicyclic) bond motifs is 6. The average molecular weight is 359 g/mol. The second-order valence-corrected chi connectivity index (χ2v) is 8.14. The largest absolute Gasteiger partial charge is 0.354 e. The zero-order valence-corrected chi connectivity index (χ0v) is 16.1. The average Bonchev–Trinajstić information content (AvgIpc) is 3.23. The van der Waals surface area contributed by atoms with Crippen LogP contribution in [-0.4, -0.2) is 4.98 Å². The van der Waals surface area contributed by atoms with Crippen molar-refractivity contribution in [3.8, 4) is 22.3 Å². The molecule has 0 aliphatic heterocycles. The zero-order valence-electron chi connectivity index (χ0n) is 16.1. The molecule has 0 radical (unpaired) electrons. The second-order valence-electron chi connectivity index (χ2n) is 8.14. The van der Waals surface area contributed by atoms with Gasteiger partial charge in [0, 0.05) is 21.8 Å². The van der Waals surface area contributed by atoms with E-state index < -0.39 is 0 Å². The van der Waals surface area contributed by atoms with E-state index in [4.69, 9.17) is 0 Å². The minimum absolute atomic E-state index is 1.04. The van der Waals surface area contributed by atoms with Gasteiger partial charge in [-0.2, -0.15) is 0 Å². The topological polar surface area (TPSA) is 15.8 Å². The number of rotatable bonds is 1. The molecule has 1 aliphatic rings. The van der Waals surface area contributed by atoms with Crippen LogP contribution in [0.5, 0.6) is 0 Å². The Balaban J connectivity index is 1.46. The Labute approximate surface area is 164 Å². The summed E-state index contributed by atoms with van der Waals surface area (Å²) in [5.41, 5.74) is 13.3. The van der Waals surface area contributed by atoms with Gasteiger partial charge in [-0.05, 0) is 71.3 Å². The van der Waals surface area contributed by atoms with E-state index in [9.17, 15) is 0 Å². The van der Waals surface area contributed by atoms with Crippen molar-refractivity contribution in [1.82, 2.24) is 4.98 Å². The summed E-state index contributed by atoms with van der Waals surface area (Å²) in [4.78, 5) is 3.60. The molecule has 0 atom stereocenters. The molecule has 1 aromatic heterocycles. The lowest BCUT2D eigenvalue weighted by molar-refractivity contribution is 1.25. The molecule has 28 heavy (non-hydrogen) atoms. The summed E-state index contributed by atoms with van der Waals surface area (Å²) in [5.74, 6) is 0. The number of aromatic nitrogens is 1. The third kappa shape index (κ3) is 2.26. The van der Waals surface area contributed by atoms with E-state index in [0.29, 0.717) is 0 Å². The first-order chi connectivity index (χ1) is 13.7. The first-order valence-corrected chi connectivity index (χ1v) is 9.91. The van der Waals surface area contributed by atoms with Crippen molar-refractivity contribution in [1.29, 1.82) is 0 Å². The summed E-state index contributed by atoms with van der Waals surface area (Å²) in [7, 11) is 0. The van der Waals surface area contributed by atoms with Crippen LogP contribution in [0.2, 0.25) is 0 Å². The van der Waals surface area contributed by atoms with Crippen LogP contribution in [0.25, 0.3) is 44.1 Å². The molecule has 1 heteroatoms. The van der Waals surface area contributed by atoms with Crippen LogP contribution in [-0.2, 0) is 6.42 Å². The van der Waals surface area contributed by atoms with Gasteiger partial charge in [0.15, 0.2) is 0 Å². The van der Waals surface area contributed by atoms with Gasteiger partial charge in [-0.1, -0.05) is 66.2 Å². The molecule has 6 rings (SSSR count). The summed E-state index contributed by atoms with van der Waals surface area (Å²) in [5, 5.41) is 2.59. The van der Waals surface area contributed by atoms with Crippen molar-refractivity contribution in [2.24, 2.45) is 0 Å². The normalized spacial score (nSPS) is 12.5. The number of hydrogen-bond acceptors (Lipinski definition) is 0. The molecule has 0 fully saturated rings. The molecule has 0 bridgehead atoms. The van der Waals surface area contributed by atoms with Crippen LogP contribution < -0.4 is 0 Å². The predicted molar refractivity (Wildman–Crippen MR) is 119 cm³/mol. The maximum absolute atomic E-state index is 3.60. The number of aryl methyl sites for hydroxylation is 2. The Hall–Kier alpha value is -3.32. The molecule has 0 saturated carbocycles. The van der Waals surface area contributed by atoms with Gasteiger partial charge in [-0.25, -0.2) is 0 Å². The fourth-order valence-corrected chi connectivity index (χ4v) is 4.72. The molecule has 1 aliphatic carbocycles. The van der Waals surface area contributed by atoms with Crippen LogP contribution in [0.4, 0.5) is 0 Å². The number of nitrogens with one attached hydrogen (secondary N) is 1.